The smallest absolute Gasteiger partial charge is 0.365 e. The monoisotopic (exact) mass is 221 g/mol. The number of hydrogen-bond acceptors (Lipinski definition) is 5. The minimum absolute atomic E-state index is 0.0716. The Morgan fingerprint density at radius 2 is 2.31 bits per heavy atom. The Morgan fingerprint density at radius 1 is 1.50 bits per heavy atom. The van der Waals surface area contributed by atoms with Crippen molar-refractivity contribution in [1.29, 1.82) is 0 Å². The molecule has 1 spiro atoms. The van der Waals surface area contributed by atoms with E-state index in [1.807, 2.05) is 6.07 Å². The van der Waals surface area contributed by atoms with E-state index in [-0.39, 0.29) is 11.4 Å². The second kappa shape index (κ2) is 3.15. The van der Waals surface area contributed by atoms with Crippen LogP contribution in [-0.2, 0) is 4.74 Å². The number of anilines is 1. The molecule has 2 aliphatic heterocycles. The minimum Gasteiger partial charge on any atom is -0.376 e. The molecule has 3 heterocycles. The van der Waals surface area contributed by atoms with E-state index in [0.29, 0.717) is 19.0 Å². The zero-order chi connectivity index (χ0) is 11.2. The summed E-state index contributed by atoms with van der Waals surface area (Å²) in [5.41, 5.74) is 0.0716. The summed E-state index contributed by atoms with van der Waals surface area (Å²) in [5, 5.41) is 10.6. The van der Waals surface area contributed by atoms with Crippen LogP contribution in [0, 0.1) is 10.1 Å². The standard InChI is InChI=1S/C10H11N3O3/c14-13(15)9-3-1-2-8(11-9)12-5-4-10(12)6-16-7-10/h1-3H,4-7H2. The normalized spacial score (nSPS) is 21.4. The summed E-state index contributed by atoms with van der Waals surface area (Å²) >= 11 is 0. The van der Waals surface area contributed by atoms with Crippen molar-refractivity contribution < 1.29 is 9.66 Å². The van der Waals surface area contributed by atoms with Gasteiger partial charge in [-0.05, 0) is 22.4 Å². The second-order valence-electron chi connectivity index (χ2n) is 4.23. The number of aromatic nitrogens is 1. The predicted octanol–water partition coefficient (Wildman–Crippen LogP) is 0.969. The highest BCUT2D eigenvalue weighted by Crippen LogP contribution is 2.40. The average Bonchev–Trinajstić information content (AvgIpc) is 2.14. The molecule has 1 aromatic heterocycles. The van der Waals surface area contributed by atoms with E-state index in [2.05, 4.69) is 9.88 Å². The number of rotatable bonds is 2. The summed E-state index contributed by atoms with van der Waals surface area (Å²) in [5.74, 6) is 0.587. The zero-order valence-electron chi connectivity index (χ0n) is 8.63. The molecule has 6 nitrogen and oxygen atoms in total. The van der Waals surface area contributed by atoms with E-state index in [9.17, 15) is 10.1 Å². The van der Waals surface area contributed by atoms with E-state index in [4.69, 9.17) is 4.74 Å². The Balaban J connectivity index is 1.89. The van der Waals surface area contributed by atoms with Gasteiger partial charge in [-0.15, -0.1) is 0 Å². The maximum absolute atomic E-state index is 10.6. The maximum Gasteiger partial charge on any atom is 0.365 e. The van der Waals surface area contributed by atoms with Gasteiger partial charge in [0, 0.05) is 18.7 Å². The number of nitrogens with zero attached hydrogens (tertiary/aromatic N) is 3. The third-order valence-corrected chi connectivity index (χ3v) is 3.30. The van der Waals surface area contributed by atoms with E-state index >= 15 is 0 Å². The molecule has 6 heteroatoms. The van der Waals surface area contributed by atoms with Crippen LogP contribution in [0.1, 0.15) is 6.42 Å². The average molecular weight is 221 g/mol. The quantitative estimate of drug-likeness (QED) is 0.549. The van der Waals surface area contributed by atoms with Gasteiger partial charge in [-0.3, -0.25) is 0 Å². The number of nitro groups is 1. The van der Waals surface area contributed by atoms with Gasteiger partial charge in [-0.25, -0.2) is 0 Å². The molecule has 1 aromatic rings. The Bertz CT molecular complexity index is 439. The number of ether oxygens (including phenoxy) is 1. The van der Waals surface area contributed by atoms with Gasteiger partial charge in [-0.1, -0.05) is 0 Å². The Morgan fingerprint density at radius 3 is 2.81 bits per heavy atom. The topological polar surface area (TPSA) is 68.5 Å². The lowest BCUT2D eigenvalue weighted by molar-refractivity contribution is -0.389. The highest BCUT2D eigenvalue weighted by molar-refractivity contribution is 5.49. The first kappa shape index (κ1) is 9.53. The lowest BCUT2D eigenvalue weighted by Crippen LogP contribution is -2.71. The highest BCUT2D eigenvalue weighted by atomic mass is 16.6. The second-order valence-corrected chi connectivity index (χ2v) is 4.23. The van der Waals surface area contributed by atoms with Crippen LogP contribution in [0.3, 0.4) is 0 Å². The van der Waals surface area contributed by atoms with E-state index in [0.717, 1.165) is 13.0 Å². The summed E-state index contributed by atoms with van der Waals surface area (Å²) in [6.45, 7) is 2.31. The third-order valence-electron chi connectivity index (χ3n) is 3.30. The number of pyridine rings is 1. The molecule has 0 radical (unpaired) electrons. The molecule has 0 amide bonds. The van der Waals surface area contributed by atoms with Gasteiger partial charge in [0.15, 0.2) is 0 Å². The molecule has 2 fully saturated rings. The zero-order valence-corrected chi connectivity index (χ0v) is 8.63. The molecular weight excluding hydrogens is 210 g/mol. The molecule has 0 aliphatic carbocycles. The molecule has 2 aliphatic rings. The van der Waals surface area contributed by atoms with Crippen molar-refractivity contribution in [2.75, 3.05) is 24.7 Å². The fourth-order valence-electron chi connectivity index (χ4n) is 2.20. The van der Waals surface area contributed by atoms with Crippen LogP contribution >= 0.6 is 0 Å². The predicted molar refractivity (Wildman–Crippen MR) is 56.4 cm³/mol. The summed E-state index contributed by atoms with van der Waals surface area (Å²) in [7, 11) is 0. The minimum atomic E-state index is -0.465. The Kier molecular flexibility index (Phi) is 1.88. The van der Waals surface area contributed by atoms with Crippen molar-refractivity contribution in [2.45, 2.75) is 12.0 Å². The molecule has 0 saturated carbocycles. The van der Waals surface area contributed by atoms with Crippen molar-refractivity contribution in [1.82, 2.24) is 4.98 Å². The van der Waals surface area contributed by atoms with Gasteiger partial charge in [0.25, 0.3) is 0 Å². The maximum atomic E-state index is 10.6. The lowest BCUT2D eigenvalue weighted by Gasteiger charge is -2.57. The van der Waals surface area contributed by atoms with Crippen LogP contribution in [0.5, 0.6) is 0 Å². The van der Waals surface area contributed by atoms with Gasteiger partial charge < -0.3 is 19.8 Å². The summed E-state index contributed by atoms with van der Waals surface area (Å²) < 4.78 is 5.21. The fourth-order valence-corrected chi connectivity index (χ4v) is 2.20. The van der Waals surface area contributed by atoms with Gasteiger partial charge in [0.1, 0.15) is 0 Å². The molecule has 0 bridgehead atoms. The molecule has 3 rings (SSSR count). The first-order valence-electron chi connectivity index (χ1n) is 5.18. The van der Waals surface area contributed by atoms with Crippen LogP contribution in [-0.4, -0.2) is 35.2 Å². The molecule has 16 heavy (non-hydrogen) atoms. The fraction of sp³-hybridized carbons (Fsp3) is 0.500. The van der Waals surface area contributed by atoms with Crippen LogP contribution in [0.2, 0.25) is 0 Å². The Labute approximate surface area is 92.0 Å². The molecule has 0 atom stereocenters. The third kappa shape index (κ3) is 1.19. The molecule has 0 aromatic carbocycles. The van der Waals surface area contributed by atoms with E-state index in [1.165, 1.54) is 6.07 Å². The van der Waals surface area contributed by atoms with E-state index in [1.54, 1.807) is 6.07 Å². The van der Waals surface area contributed by atoms with Crippen molar-refractivity contribution in [2.24, 2.45) is 0 Å². The van der Waals surface area contributed by atoms with Crippen molar-refractivity contribution in [3.05, 3.63) is 28.3 Å². The van der Waals surface area contributed by atoms with Crippen LogP contribution < -0.4 is 4.90 Å². The molecule has 2 saturated heterocycles. The number of hydrogen-bond donors (Lipinski definition) is 0. The van der Waals surface area contributed by atoms with Crippen molar-refractivity contribution in [3.63, 3.8) is 0 Å². The highest BCUT2D eigenvalue weighted by Gasteiger charge is 2.52. The Hall–Kier alpha value is -1.69. The first-order valence-corrected chi connectivity index (χ1v) is 5.18. The molecule has 0 unspecified atom stereocenters. The molecule has 84 valence electrons. The van der Waals surface area contributed by atoms with Gasteiger partial charge in [0.2, 0.25) is 5.82 Å². The van der Waals surface area contributed by atoms with E-state index < -0.39 is 4.92 Å². The summed E-state index contributed by atoms with van der Waals surface area (Å²) in [4.78, 5) is 16.3. The lowest BCUT2D eigenvalue weighted by atomic mass is 9.83. The van der Waals surface area contributed by atoms with Gasteiger partial charge in [0.05, 0.1) is 18.8 Å². The summed E-state index contributed by atoms with van der Waals surface area (Å²) in [6.07, 6.45) is 1.08. The largest absolute Gasteiger partial charge is 0.376 e. The van der Waals surface area contributed by atoms with Crippen molar-refractivity contribution >= 4 is 11.6 Å². The SMILES string of the molecule is O=[N+]([O-])c1cccc(N2CCC23COC3)n1. The molecular formula is C10H11N3O3. The van der Waals surface area contributed by atoms with Crippen LogP contribution in [0.4, 0.5) is 11.6 Å². The molecule has 0 N–H and O–H groups in total. The summed E-state index contributed by atoms with van der Waals surface area (Å²) in [6, 6.07) is 4.89. The van der Waals surface area contributed by atoms with Crippen molar-refractivity contribution in [3.8, 4) is 0 Å². The van der Waals surface area contributed by atoms with Crippen LogP contribution in [0.25, 0.3) is 0 Å². The van der Waals surface area contributed by atoms with Crippen LogP contribution in [0.15, 0.2) is 18.2 Å². The van der Waals surface area contributed by atoms with Gasteiger partial charge >= 0.3 is 5.82 Å². The van der Waals surface area contributed by atoms with Gasteiger partial charge in [-0.2, -0.15) is 0 Å². The first-order chi connectivity index (χ1) is 7.71.